The van der Waals surface area contributed by atoms with E-state index in [1.54, 1.807) is 7.11 Å². The standard InChI is InChI=1S/C22H37NO2/c1-14(23-25-4)18-7-8-19-17-6-5-15-13-16(24)9-11-21(15,2)20(17)10-12-22(18,19)3/h15-20,24H,5-13H2,1-4H3/b23-14+. The number of fused-ring (bicyclic) bond motifs is 5. The molecule has 1 N–H and O–H groups in total. The molecule has 3 heteroatoms. The van der Waals surface area contributed by atoms with Crippen LogP contribution in [0.4, 0.5) is 0 Å². The fourth-order valence-corrected chi connectivity index (χ4v) is 8.13. The molecule has 142 valence electrons. The van der Waals surface area contributed by atoms with Gasteiger partial charge in [0.15, 0.2) is 0 Å². The molecule has 4 saturated carbocycles. The molecule has 0 bridgehead atoms. The maximum Gasteiger partial charge on any atom is 0.106 e. The van der Waals surface area contributed by atoms with E-state index < -0.39 is 0 Å². The first-order valence-corrected chi connectivity index (χ1v) is 10.7. The normalized spacial score (nSPS) is 52.9. The first-order chi connectivity index (χ1) is 11.9. The fraction of sp³-hybridized carbons (Fsp3) is 0.955. The van der Waals surface area contributed by atoms with Crippen molar-refractivity contribution in [1.82, 2.24) is 0 Å². The molecule has 8 unspecified atom stereocenters. The Morgan fingerprint density at radius 3 is 2.44 bits per heavy atom. The predicted octanol–water partition coefficient (Wildman–Crippen LogP) is 5.03. The second-order valence-corrected chi connectivity index (χ2v) is 10.2. The van der Waals surface area contributed by atoms with Crippen LogP contribution in [0.3, 0.4) is 0 Å². The summed E-state index contributed by atoms with van der Waals surface area (Å²) in [6, 6.07) is 0. The van der Waals surface area contributed by atoms with Crippen LogP contribution in [0.15, 0.2) is 5.16 Å². The zero-order valence-corrected chi connectivity index (χ0v) is 16.6. The average Bonchev–Trinajstić information content (AvgIpc) is 2.93. The predicted molar refractivity (Wildman–Crippen MR) is 101 cm³/mol. The quantitative estimate of drug-likeness (QED) is 0.562. The van der Waals surface area contributed by atoms with Crippen LogP contribution in [0, 0.1) is 40.4 Å². The van der Waals surface area contributed by atoms with Gasteiger partial charge >= 0.3 is 0 Å². The summed E-state index contributed by atoms with van der Waals surface area (Å²) in [7, 11) is 1.68. The molecule has 0 aromatic carbocycles. The molecule has 4 aliphatic rings. The van der Waals surface area contributed by atoms with E-state index in [1.165, 1.54) is 50.7 Å². The van der Waals surface area contributed by atoms with Gasteiger partial charge in [0.1, 0.15) is 7.11 Å². The smallest absolute Gasteiger partial charge is 0.106 e. The summed E-state index contributed by atoms with van der Waals surface area (Å²) in [6.45, 7) is 7.31. The molecule has 0 saturated heterocycles. The molecule has 4 rings (SSSR count). The zero-order valence-electron chi connectivity index (χ0n) is 16.6. The highest BCUT2D eigenvalue weighted by Gasteiger charge is 2.60. The van der Waals surface area contributed by atoms with Crippen molar-refractivity contribution < 1.29 is 9.94 Å². The number of hydrogen-bond donors (Lipinski definition) is 1. The van der Waals surface area contributed by atoms with E-state index in [0.29, 0.717) is 16.7 Å². The van der Waals surface area contributed by atoms with Gasteiger partial charge in [-0.05, 0) is 99.2 Å². The second-order valence-electron chi connectivity index (χ2n) is 10.2. The van der Waals surface area contributed by atoms with Crippen LogP contribution in [-0.2, 0) is 4.84 Å². The number of hydrogen-bond acceptors (Lipinski definition) is 3. The second kappa shape index (κ2) is 6.25. The fourth-order valence-electron chi connectivity index (χ4n) is 8.13. The number of rotatable bonds is 2. The van der Waals surface area contributed by atoms with Crippen molar-refractivity contribution in [3.63, 3.8) is 0 Å². The van der Waals surface area contributed by atoms with Crippen molar-refractivity contribution in [3.8, 4) is 0 Å². The van der Waals surface area contributed by atoms with E-state index in [-0.39, 0.29) is 6.10 Å². The van der Waals surface area contributed by atoms with Gasteiger partial charge in [-0.2, -0.15) is 0 Å². The molecule has 4 fully saturated rings. The molecular weight excluding hydrogens is 310 g/mol. The van der Waals surface area contributed by atoms with Crippen molar-refractivity contribution in [3.05, 3.63) is 0 Å². The Hall–Kier alpha value is -0.570. The lowest BCUT2D eigenvalue weighted by Crippen LogP contribution is -2.54. The van der Waals surface area contributed by atoms with E-state index in [4.69, 9.17) is 4.84 Å². The largest absolute Gasteiger partial charge is 0.399 e. The molecule has 4 aliphatic carbocycles. The molecule has 8 atom stereocenters. The van der Waals surface area contributed by atoms with Gasteiger partial charge in [-0.3, -0.25) is 0 Å². The third kappa shape index (κ3) is 2.59. The van der Waals surface area contributed by atoms with Gasteiger partial charge in [0, 0.05) is 5.92 Å². The van der Waals surface area contributed by atoms with E-state index in [1.807, 2.05) is 0 Å². The minimum atomic E-state index is -0.0350. The highest BCUT2D eigenvalue weighted by atomic mass is 16.6. The molecule has 25 heavy (non-hydrogen) atoms. The van der Waals surface area contributed by atoms with Crippen molar-refractivity contribution in [1.29, 1.82) is 0 Å². The highest BCUT2D eigenvalue weighted by molar-refractivity contribution is 5.85. The van der Waals surface area contributed by atoms with E-state index in [2.05, 4.69) is 25.9 Å². The van der Waals surface area contributed by atoms with Crippen molar-refractivity contribution in [2.75, 3.05) is 7.11 Å². The van der Waals surface area contributed by atoms with Crippen LogP contribution in [-0.4, -0.2) is 24.0 Å². The summed E-state index contributed by atoms with van der Waals surface area (Å²) in [5.74, 6) is 4.02. The molecule has 0 heterocycles. The zero-order chi connectivity index (χ0) is 17.8. The van der Waals surface area contributed by atoms with Gasteiger partial charge in [0.25, 0.3) is 0 Å². The maximum absolute atomic E-state index is 10.2. The Labute approximate surface area is 153 Å². The number of aliphatic hydroxyl groups is 1. The molecule has 3 nitrogen and oxygen atoms in total. The lowest BCUT2D eigenvalue weighted by molar-refractivity contribution is -0.123. The number of oxime groups is 1. The average molecular weight is 348 g/mol. The SMILES string of the molecule is CO/N=C(\C)C1CCC2C3CCC4CC(O)CCC4(C)C3CCC12C. The minimum absolute atomic E-state index is 0.0350. The molecule has 0 aromatic rings. The molecule has 0 aliphatic heterocycles. The van der Waals surface area contributed by atoms with Crippen LogP contribution in [0.1, 0.15) is 78.6 Å². The summed E-state index contributed by atoms with van der Waals surface area (Å²) in [5, 5.41) is 14.5. The molecule has 0 amide bonds. The van der Waals surface area contributed by atoms with E-state index in [9.17, 15) is 5.11 Å². The van der Waals surface area contributed by atoms with Crippen LogP contribution < -0.4 is 0 Å². The van der Waals surface area contributed by atoms with Gasteiger partial charge in [0.2, 0.25) is 0 Å². The Balaban J connectivity index is 1.59. The van der Waals surface area contributed by atoms with Gasteiger partial charge in [-0.1, -0.05) is 19.0 Å². The van der Waals surface area contributed by atoms with Crippen LogP contribution in [0.5, 0.6) is 0 Å². The topological polar surface area (TPSA) is 41.8 Å². The molecule has 0 aromatic heterocycles. The van der Waals surface area contributed by atoms with Gasteiger partial charge in [-0.15, -0.1) is 0 Å². The highest BCUT2D eigenvalue weighted by Crippen LogP contribution is 2.67. The molecule has 0 spiro atoms. The number of aliphatic hydroxyl groups excluding tert-OH is 1. The van der Waals surface area contributed by atoms with Crippen molar-refractivity contribution in [2.24, 2.45) is 45.6 Å². The lowest BCUT2D eigenvalue weighted by atomic mass is 9.44. The summed E-state index contributed by atoms with van der Waals surface area (Å²) < 4.78 is 0. The summed E-state index contributed by atoms with van der Waals surface area (Å²) in [4.78, 5) is 5.11. The third-order valence-corrected chi connectivity index (χ3v) is 9.38. The Morgan fingerprint density at radius 2 is 1.68 bits per heavy atom. The first kappa shape index (κ1) is 17.8. The van der Waals surface area contributed by atoms with Crippen LogP contribution in [0.25, 0.3) is 0 Å². The monoisotopic (exact) mass is 347 g/mol. The molecular formula is C22H37NO2. The number of nitrogens with zero attached hydrogens (tertiary/aromatic N) is 1. The summed E-state index contributed by atoms with van der Waals surface area (Å²) in [6.07, 6.45) is 11.4. The Kier molecular flexibility index (Phi) is 4.46. The van der Waals surface area contributed by atoms with Gasteiger partial charge in [-0.25, -0.2) is 0 Å². The van der Waals surface area contributed by atoms with Gasteiger partial charge < -0.3 is 9.94 Å². The van der Waals surface area contributed by atoms with Gasteiger partial charge in [0.05, 0.1) is 11.8 Å². The summed E-state index contributed by atoms with van der Waals surface area (Å²) in [5.41, 5.74) is 2.12. The molecule has 0 radical (unpaired) electrons. The Bertz CT molecular complexity index is 546. The Morgan fingerprint density at radius 1 is 0.960 bits per heavy atom. The first-order valence-electron chi connectivity index (χ1n) is 10.7. The van der Waals surface area contributed by atoms with Crippen LogP contribution in [0.2, 0.25) is 0 Å². The van der Waals surface area contributed by atoms with Crippen LogP contribution >= 0.6 is 0 Å². The maximum atomic E-state index is 10.2. The van der Waals surface area contributed by atoms with E-state index in [0.717, 1.165) is 36.5 Å². The van der Waals surface area contributed by atoms with Crippen molar-refractivity contribution >= 4 is 5.71 Å². The third-order valence-electron chi connectivity index (χ3n) is 9.38. The lowest BCUT2D eigenvalue weighted by Gasteiger charge is -2.61. The minimum Gasteiger partial charge on any atom is -0.399 e. The summed E-state index contributed by atoms with van der Waals surface area (Å²) >= 11 is 0. The van der Waals surface area contributed by atoms with Crippen molar-refractivity contribution in [2.45, 2.75) is 84.7 Å². The van der Waals surface area contributed by atoms with E-state index >= 15 is 0 Å².